The zero-order valence-electron chi connectivity index (χ0n) is 9.82. The summed E-state index contributed by atoms with van der Waals surface area (Å²) in [6.45, 7) is 4.40. The Balaban J connectivity index is 2.27. The molecule has 1 amide bonds. The van der Waals surface area contributed by atoms with Gasteiger partial charge in [0.15, 0.2) is 9.84 Å². The van der Waals surface area contributed by atoms with Crippen LogP contribution in [0.25, 0.3) is 0 Å². The van der Waals surface area contributed by atoms with E-state index in [0.29, 0.717) is 12.8 Å². The van der Waals surface area contributed by atoms with E-state index in [1.165, 1.54) is 0 Å². The Morgan fingerprint density at radius 2 is 2.12 bits per heavy atom. The standard InChI is InChI=1S/C10H20N2O3S/c1-8(2)11-7-10(13)12-6-9-4-3-5-16(9,14)15/h8-9,11H,3-7H2,1-2H3,(H,12,13). The molecule has 0 aromatic rings. The van der Waals surface area contributed by atoms with Gasteiger partial charge in [-0.2, -0.15) is 0 Å². The molecule has 0 aromatic heterocycles. The fourth-order valence-electron chi connectivity index (χ4n) is 1.67. The van der Waals surface area contributed by atoms with Gasteiger partial charge in [-0.1, -0.05) is 13.8 Å². The second kappa shape index (κ2) is 5.63. The first-order chi connectivity index (χ1) is 7.42. The molecule has 5 nitrogen and oxygen atoms in total. The lowest BCUT2D eigenvalue weighted by Gasteiger charge is -2.12. The van der Waals surface area contributed by atoms with Gasteiger partial charge in [0, 0.05) is 12.6 Å². The highest BCUT2D eigenvalue weighted by Crippen LogP contribution is 2.18. The molecule has 2 N–H and O–H groups in total. The van der Waals surface area contributed by atoms with Crippen molar-refractivity contribution in [2.75, 3.05) is 18.8 Å². The van der Waals surface area contributed by atoms with Crippen molar-refractivity contribution < 1.29 is 13.2 Å². The molecule has 0 aliphatic carbocycles. The van der Waals surface area contributed by atoms with E-state index in [1.807, 2.05) is 13.8 Å². The van der Waals surface area contributed by atoms with Gasteiger partial charge < -0.3 is 10.6 Å². The summed E-state index contributed by atoms with van der Waals surface area (Å²) in [5, 5.41) is 5.26. The summed E-state index contributed by atoms with van der Waals surface area (Å²) in [6, 6.07) is 0.251. The zero-order valence-corrected chi connectivity index (χ0v) is 10.6. The number of rotatable bonds is 5. The van der Waals surface area contributed by atoms with Gasteiger partial charge in [-0.05, 0) is 12.8 Å². The lowest BCUT2D eigenvalue weighted by atomic mass is 10.2. The zero-order chi connectivity index (χ0) is 12.2. The van der Waals surface area contributed by atoms with Gasteiger partial charge in [-0.25, -0.2) is 8.42 Å². The first kappa shape index (κ1) is 13.4. The van der Waals surface area contributed by atoms with Gasteiger partial charge in [-0.3, -0.25) is 4.79 Å². The number of carbonyl (C=O) groups excluding carboxylic acids is 1. The Morgan fingerprint density at radius 1 is 1.44 bits per heavy atom. The van der Waals surface area contributed by atoms with Crippen molar-refractivity contribution in [1.82, 2.24) is 10.6 Å². The summed E-state index contributed by atoms with van der Waals surface area (Å²) in [5.74, 6) is 0.119. The van der Waals surface area contributed by atoms with Crippen LogP contribution in [0.4, 0.5) is 0 Å². The molecule has 6 heteroatoms. The summed E-state index contributed by atoms with van der Waals surface area (Å²) in [7, 11) is -2.95. The molecule has 0 bridgehead atoms. The largest absolute Gasteiger partial charge is 0.354 e. The number of hydrogen-bond acceptors (Lipinski definition) is 4. The molecule has 1 saturated heterocycles. The topological polar surface area (TPSA) is 75.3 Å². The Labute approximate surface area is 96.9 Å². The fourth-order valence-corrected chi connectivity index (χ4v) is 3.44. The highest BCUT2D eigenvalue weighted by molar-refractivity contribution is 7.92. The van der Waals surface area contributed by atoms with Crippen LogP contribution in [0, 0.1) is 0 Å². The Hall–Kier alpha value is -0.620. The SMILES string of the molecule is CC(C)NCC(=O)NCC1CCCS1(=O)=O. The first-order valence-electron chi connectivity index (χ1n) is 5.63. The highest BCUT2D eigenvalue weighted by Gasteiger charge is 2.31. The van der Waals surface area contributed by atoms with Gasteiger partial charge in [0.05, 0.1) is 17.5 Å². The Bertz CT molecular complexity index is 338. The van der Waals surface area contributed by atoms with Crippen molar-refractivity contribution in [2.24, 2.45) is 0 Å². The van der Waals surface area contributed by atoms with Gasteiger partial charge >= 0.3 is 0 Å². The monoisotopic (exact) mass is 248 g/mol. The molecule has 1 unspecified atom stereocenters. The van der Waals surface area contributed by atoms with Crippen molar-refractivity contribution in [3.63, 3.8) is 0 Å². The molecule has 1 rings (SSSR count). The molecule has 0 aromatic carbocycles. The van der Waals surface area contributed by atoms with Crippen LogP contribution in [0.1, 0.15) is 26.7 Å². The average Bonchev–Trinajstić information content (AvgIpc) is 2.51. The first-order valence-corrected chi connectivity index (χ1v) is 7.35. The van der Waals surface area contributed by atoms with Crippen LogP contribution in [-0.2, 0) is 14.6 Å². The van der Waals surface area contributed by atoms with E-state index in [2.05, 4.69) is 10.6 Å². The normalized spacial score (nSPS) is 23.6. The molecule has 1 fully saturated rings. The summed E-state index contributed by atoms with van der Waals surface area (Å²) in [4.78, 5) is 11.3. The summed E-state index contributed by atoms with van der Waals surface area (Å²) in [5.41, 5.74) is 0. The Morgan fingerprint density at radius 3 is 2.62 bits per heavy atom. The second-order valence-electron chi connectivity index (χ2n) is 4.47. The summed E-state index contributed by atoms with van der Waals surface area (Å²) >= 11 is 0. The third-order valence-electron chi connectivity index (χ3n) is 2.66. The molecular formula is C10H20N2O3S. The minimum Gasteiger partial charge on any atom is -0.354 e. The quantitative estimate of drug-likeness (QED) is 0.699. The third kappa shape index (κ3) is 4.09. The van der Waals surface area contributed by atoms with Crippen molar-refractivity contribution in [3.05, 3.63) is 0 Å². The molecule has 0 saturated carbocycles. The lowest BCUT2D eigenvalue weighted by Crippen LogP contribution is -2.41. The lowest BCUT2D eigenvalue weighted by molar-refractivity contribution is -0.120. The number of hydrogen-bond donors (Lipinski definition) is 2. The fraction of sp³-hybridized carbons (Fsp3) is 0.900. The predicted octanol–water partition coefficient (Wildman–Crippen LogP) is -0.322. The number of nitrogens with one attached hydrogen (secondary N) is 2. The smallest absolute Gasteiger partial charge is 0.234 e. The minimum atomic E-state index is -2.95. The van der Waals surface area contributed by atoms with Crippen molar-refractivity contribution in [2.45, 2.75) is 38.0 Å². The summed E-state index contributed by atoms with van der Waals surface area (Å²) < 4.78 is 22.9. The van der Waals surface area contributed by atoms with E-state index in [9.17, 15) is 13.2 Å². The van der Waals surface area contributed by atoms with Crippen LogP contribution in [0.3, 0.4) is 0 Å². The Kier molecular flexibility index (Phi) is 4.73. The molecule has 1 atom stereocenters. The predicted molar refractivity (Wildman–Crippen MR) is 63.0 cm³/mol. The van der Waals surface area contributed by atoms with Gasteiger partial charge in [-0.15, -0.1) is 0 Å². The average molecular weight is 248 g/mol. The van der Waals surface area contributed by atoms with Crippen molar-refractivity contribution in [1.29, 1.82) is 0 Å². The van der Waals surface area contributed by atoms with Crippen LogP contribution in [0.5, 0.6) is 0 Å². The highest BCUT2D eigenvalue weighted by atomic mass is 32.2. The molecule has 0 spiro atoms. The van der Waals surface area contributed by atoms with Gasteiger partial charge in [0.1, 0.15) is 0 Å². The van der Waals surface area contributed by atoms with E-state index in [-0.39, 0.29) is 36.0 Å². The van der Waals surface area contributed by atoms with E-state index in [4.69, 9.17) is 0 Å². The van der Waals surface area contributed by atoms with Crippen LogP contribution in [0.15, 0.2) is 0 Å². The molecule has 1 aliphatic heterocycles. The maximum Gasteiger partial charge on any atom is 0.234 e. The summed E-state index contributed by atoms with van der Waals surface area (Å²) in [6.07, 6.45) is 1.38. The van der Waals surface area contributed by atoms with Gasteiger partial charge in [0.25, 0.3) is 0 Å². The van der Waals surface area contributed by atoms with Crippen molar-refractivity contribution >= 4 is 15.7 Å². The molecule has 94 valence electrons. The maximum absolute atomic E-state index is 11.5. The minimum absolute atomic E-state index is 0.143. The molecule has 1 heterocycles. The third-order valence-corrected chi connectivity index (χ3v) is 4.94. The van der Waals surface area contributed by atoms with E-state index in [1.54, 1.807) is 0 Å². The van der Waals surface area contributed by atoms with Crippen LogP contribution >= 0.6 is 0 Å². The molecule has 1 aliphatic rings. The van der Waals surface area contributed by atoms with E-state index >= 15 is 0 Å². The van der Waals surface area contributed by atoms with Crippen LogP contribution < -0.4 is 10.6 Å². The van der Waals surface area contributed by atoms with E-state index in [0.717, 1.165) is 0 Å². The van der Waals surface area contributed by atoms with Crippen LogP contribution in [-0.4, -0.2) is 44.5 Å². The van der Waals surface area contributed by atoms with Crippen molar-refractivity contribution in [3.8, 4) is 0 Å². The number of sulfone groups is 1. The maximum atomic E-state index is 11.5. The van der Waals surface area contributed by atoms with Crippen LogP contribution in [0.2, 0.25) is 0 Å². The number of carbonyl (C=O) groups is 1. The second-order valence-corrected chi connectivity index (χ2v) is 6.87. The van der Waals surface area contributed by atoms with E-state index < -0.39 is 9.84 Å². The molecule has 0 radical (unpaired) electrons. The van der Waals surface area contributed by atoms with Gasteiger partial charge in [0.2, 0.25) is 5.91 Å². The number of amides is 1. The molecule has 16 heavy (non-hydrogen) atoms. The molecular weight excluding hydrogens is 228 g/mol.